The molecule has 0 bridgehead atoms. The van der Waals surface area contributed by atoms with Gasteiger partial charge in [0.2, 0.25) is 0 Å². The summed E-state index contributed by atoms with van der Waals surface area (Å²) in [5.41, 5.74) is 5.46. The minimum absolute atomic E-state index is 0.0225. The van der Waals surface area contributed by atoms with Crippen LogP contribution < -0.4 is 0 Å². The zero-order chi connectivity index (χ0) is 15.2. The lowest BCUT2D eigenvalue weighted by molar-refractivity contribution is 0.291. The van der Waals surface area contributed by atoms with Crippen molar-refractivity contribution in [1.29, 1.82) is 0 Å². The number of hydrogen-bond donors (Lipinski definition) is 0. The largest absolute Gasteiger partial charge is 0.0814 e. The molecule has 0 aliphatic carbocycles. The molecule has 1 heteroatoms. The van der Waals surface area contributed by atoms with Crippen molar-refractivity contribution in [3.05, 3.63) is 34.4 Å². The molecule has 1 rings (SSSR count). The van der Waals surface area contributed by atoms with Gasteiger partial charge < -0.3 is 0 Å². The van der Waals surface area contributed by atoms with E-state index in [1.807, 2.05) is 0 Å². The third kappa shape index (κ3) is 3.07. The normalized spacial score (nSPS) is 16.3. The minimum atomic E-state index is -0.339. The summed E-state index contributed by atoms with van der Waals surface area (Å²) >= 11 is 0. The molecule has 0 saturated heterocycles. The summed E-state index contributed by atoms with van der Waals surface area (Å²) in [6.45, 7) is 19.9. The Kier molecular flexibility index (Phi) is 4.03. The van der Waals surface area contributed by atoms with Gasteiger partial charge in [-0.25, -0.2) is 0 Å². The molecule has 0 spiro atoms. The molecule has 104 valence electrons. The van der Waals surface area contributed by atoms with Crippen molar-refractivity contribution in [2.75, 3.05) is 0 Å². The fourth-order valence-electron chi connectivity index (χ4n) is 2.27. The fraction of sp³-hybridized carbons (Fsp3) is 0.667. The van der Waals surface area contributed by atoms with Crippen LogP contribution in [0.15, 0.2) is 12.1 Å². The van der Waals surface area contributed by atoms with E-state index in [9.17, 15) is 0 Å². The van der Waals surface area contributed by atoms with Crippen LogP contribution in [0.5, 0.6) is 0 Å². The Balaban J connectivity index is 3.64. The molecule has 0 saturated carbocycles. The summed E-state index contributed by atoms with van der Waals surface area (Å²) in [6, 6.07) is 4.61. The molecule has 0 aromatic heterocycles. The third-order valence-corrected chi connectivity index (χ3v) is 4.56. The molecule has 0 heterocycles. The number of benzene rings is 1. The lowest BCUT2D eigenvalue weighted by atomic mass is 9.50. The van der Waals surface area contributed by atoms with Crippen molar-refractivity contribution in [2.45, 2.75) is 73.0 Å². The van der Waals surface area contributed by atoms with Gasteiger partial charge in [0.05, 0.1) is 7.85 Å². The van der Waals surface area contributed by atoms with Crippen LogP contribution in [0.25, 0.3) is 0 Å². The SMILES string of the molecule is [B]C(C)(c1cc(C)c(C)cc1C(C)(C)C)C(C)(C)C. The van der Waals surface area contributed by atoms with E-state index in [2.05, 4.69) is 74.4 Å². The Labute approximate surface area is 121 Å². The Morgan fingerprint density at radius 3 is 1.42 bits per heavy atom. The molecule has 1 aromatic rings. The van der Waals surface area contributed by atoms with E-state index in [4.69, 9.17) is 7.85 Å². The maximum Gasteiger partial charge on any atom is 0.0814 e. The maximum absolute atomic E-state index is 6.73. The first-order chi connectivity index (χ1) is 8.28. The van der Waals surface area contributed by atoms with Gasteiger partial charge in [-0.15, -0.1) is 0 Å². The van der Waals surface area contributed by atoms with Crippen LogP contribution in [-0.4, -0.2) is 7.85 Å². The van der Waals surface area contributed by atoms with Crippen LogP contribution in [0.2, 0.25) is 0 Å². The van der Waals surface area contributed by atoms with E-state index in [0.717, 1.165) is 0 Å². The van der Waals surface area contributed by atoms with E-state index < -0.39 is 0 Å². The summed E-state index contributed by atoms with van der Waals surface area (Å²) in [5, 5.41) is -0.339. The zero-order valence-corrected chi connectivity index (χ0v) is 14.2. The van der Waals surface area contributed by atoms with Gasteiger partial charge >= 0.3 is 0 Å². The first-order valence-corrected chi connectivity index (χ1v) is 7.19. The van der Waals surface area contributed by atoms with E-state index in [0.29, 0.717) is 0 Å². The van der Waals surface area contributed by atoms with Gasteiger partial charge in [-0.05, 0) is 52.2 Å². The second kappa shape index (κ2) is 4.68. The molecule has 0 fully saturated rings. The van der Waals surface area contributed by atoms with Gasteiger partial charge in [-0.3, -0.25) is 0 Å². The minimum Gasteiger partial charge on any atom is -0.0632 e. The van der Waals surface area contributed by atoms with E-state index >= 15 is 0 Å². The molecule has 0 aliphatic rings. The van der Waals surface area contributed by atoms with Crippen LogP contribution >= 0.6 is 0 Å². The first kappa shape index (κ1) is 16.3. The van der Waals surface area contributed by atoms with Crippen molar-refractivity contribution in [1.82, 2.24) is 0 Å². The van der Waals surface area contributed by atoms with Crippen LogP contribution in [0, 0.1) is 19.3 Å². The zero-order valence-electron chi connectivity index (χ0n) is 14.2. The number of hydrogen-bond acceptors (Lipinski definition) is 0. The molecular formula is C18H29B. The van der Waals surface area contributed by atoms with Crippen molar-refractivity contribution in [3.63, 3.8) is 0 Å². The Hall–Kier alpha value is -0.715. The summed E-state index contributed by atoms with van der Waals surface area (Å²) in [7, 11) is 6.73. The monoisotopic (exact) mass is 256 g/mol. The number of rotatable bonds is 1. The third-order valence-electron chi connectivity index (χ3n) is 4.56. The Morgan fingerprint density at radius 1 is 0.737 bits per heavy atom. The summed E-state index contributed by atoms with van der Waals surface area (Å²) in [4.78, 5) is 0. The average molecular weight is 256 g/mol. The van der Waals surface area contributed by atoms with Gasteiger partial charge in [0.1, 0.15) is 0 Å². The molecule has 1 aromatic carbocycles. The van der Waals surface area contributed by atoms with Crippen molar-refractivity contribution >= 4 is 7.85 Å². The van der Waals surface area contributed by atoms with Crippen molar-refractivity contribution < 1.29 is 0 Å². The summed E-state index contributed by atoms with van der Waals surface area (Å²) in [6.07, 6.45) is 0. The van der Waals surface area contributed by atoms with E-state index in [1.54, 1.807) is 0 Å². The Bertz CT molecular complexity index is 468. The molecule has 19 heavy (non-hydrogen) atoms. The quantitative estimate of drug-likeness (QED) is 0.618. The lowest BCUT2D eigenvalue weighted by Crippen LogP contribution is -2.40. The molecule has 1 atom stereocenters. The smallest absolute Gasteiger partial charge is 0.0632 e. The van der Waals surface area contributed by atoms with Gasteiger partial charge in [-0.1, -0.05) is 60.6 Å². The second-order valence-electron chi connectivity index (χ2n) is 8.18. The van der Waals surface area contributed by atoms with Gasteiger partial charge in [0.25, 0.3) is 0 Å². The molecule has 2 radical (unpaired) electrons. The first-order valence-electron chi connectivity index (χ1n) is 7.19. The average Bonchev–Trinajstić information content (AvgIpc) is 2.17. The second-order valence-corrected chi connectivity index (χ2v) is 8.18. The van der Waals surface area contributed by atoms with Crippen LogP contribution in [0.4, 0.5) is 0 Å². The van der Waals surface area contributed by atoms with Gasteiger partial charge in [0.15, 0.2) is 0 Å². The van der Waals surface area contributed by atoms with E-state index in [1.165, 1.54) is 22.3 Å². The molecule has 0 aliphatic heterocycles. The topological polar surface area (TPSA) is 0 Å². The highest BCUT2D eigenvalue weighted by Gasteiger charge is 2.37. The predicted octanol–water partition coefficient (Wildman–Crippen LogP) is 5.03. The molecule has 1 unspecified atom stereocenters. The standard InChI is InChI=1S/C18H29B/c1-12-10-14(16(3,4)5)15(11-13(12)2)18(9,19)17(6,7)8/h10-11H,1-9H3. The van der Waals surface area contributed by atoms with Crippen molar-refractivity contribution in [3.8, 4) is 0 Å². The molecule has 0 amide bonds. The van der Waals surface area contributed by atoms with Gasteiger partial charge in [0, 0.05) is 0 Å². The lowest BCUT2D eigenvalue weighted by Gasteiger charge is -2.43. The van der Waals surface area contributed by atoms with Crippen LogP contribution in [0.1, 0.15) is 70.7 Å². The highest BCUT2D eigenvalue weighted by Crippen LogP contribution is 2.43. The predicted molar refractivity (Wildman–Crippen MR) is 87.2 cm³/mol. The molecule has 0 N–H and O–H groups in total. The molecule has 0 nitrogen and oxygen atoms in total. The fourth-order valence-corrected chi connectivity index (χ4v) is 2.27. The summed E-state index contributed by atoms with van der Waals surface area (Å²) in [5.74, 6) is 0. The highest BCUT2D eigenvalue weighted by molar-refractivity contribution is 6.16. The van der Waals surface area contributed by atoms with E-state index in [-0.39, 0.29) is 16.1 Å². The van der Waals surface area contributed by atoms with Crippen LogP contribution in [-0.2, 0) is 10.7 Å². The molecular weight excluding hydrogens is 227 g/mol. The Morgan fingerprint density at radius 2 is 1.11 bits per heavy atom. The van der Waals surface area contributed by atoms with Gasteiger partial charge in [-0.2, -0.15) is 0 Å². The summed E-state index contributed by atoms with van der Waals surface area (Å²) < 4.78 is 0. The number of aryl methyl sites for hydroxylation is 2. The highest BCUT2D eigenvalue weighted by atomic mass is 14.4. The maximum atomic E-state index is 6.73. The van der Waals surface area contributed by atoms with Crippen molar-refractivity contribution in [2.24, 2.45) is 5.41 Å². The van der Waals surface area contributed by atoms with Crippen LogP contribution in [0.3, 0.4) is 0 Å².